The van der Waals surface area contributed by atoms with E-state index in [1.807, 2.05) is 18.5 Å². The number of hydrogen-bond donors (Lipinski definition) is 2. The molecule has 7 heteroatoms. The molecule has 2 heterocycles. The van der Waals surface area contributed by atoms with Gasteiger partial charge in [0.1, 0.15) is 12.4 Å². The lowest BCUT2D eigenvalue weighted by Gasteiger charge is -2.16. The number of rotatable bonds is 9. The van der Waals surface area contributed by atoms with Crippen molar-refractivity contribution in [3.8, 4) is 0 Å². The topological polar surface area (TPSA) is 76.4 Å². The van der Waals surface area contributed by atoms with Crippen molar-refractivity contribution in [1.82, 2.24) is 25.4 Å². The van der Waals surface area contributed by atoms with Gasteiger partial charge in [-0.15, -0.1) is 10.2 Å². The third-order valence-electron chi connectivity index (χ3n) is 5.89. The number of nitrogens with zero attached hydrogens (tertiary/aromatic N) is 4. The average molecular weight is 377 g/mol. The van der Waals surface area contributed by atoms with Gasteiger partial charge in [0.2, 0.25) is 0 Å². The number of unbranched alkanes of at least 4 members (excludes halogenated alkanes) is 1. The van der Waals surface area contributed by atoms with Gasteiger partial charge in [-0.05, 0) is 32.1 Å². The fourth-order valence-corrected chi connectivity index (χ4v) is 3.99. The first-order chi connectivity index (χ1) is 13.2. The van der Waals surface area contributed by atoms with Gasteiger partial charge in [-0.2, -0.15) is 0 Å². The van der Waals surface area contributed by atoms with Crippen LogP contribution in [0.25, 0.3) is 0 Å². The molecule has 0 bridgehead atoms. The number of aryl methyl sites for hydroxylation is 1. The SMILES string of the molecule is Cc1nnc(CN=C(NCCCCC2CCCC2)NCC2CCCO2)n1C. The summed E-state index contributed by atoms with van der Waals surface area (Å²) >= 11 is 0. The van der Waals surface area contributed by atoms with Crippen LogP contribution in [0.15, 0.2) is 4.99 Å². The molecule has 1 aliphatic carbocycles. The Labute approximate surface area is 163 Å². The summed E-state index contributed by atoms with van der Waals surface area (Å²) in [5.41, 5.74) is 0. The molecule has 3 rings (SSSR count). The molecule has 1 unspecified atom stereocenters. The first kappa shape index (κ1) is 20.1. The highest BCUT2D eigenvalue weighted by atomic mass is 16.5. The van der Waals surface area contributed by atoms with E-state index in [9.17, 15) is 0 Å². The minimum atomic E-state index is 0.302. The van der Waals surface area contributed by atoms with Crippen LogP contribution in [0.4, 0.5) is 0 Å². The average Bonchev–Trinajstić information content (AvgIpc) is 3.42. The van der Waals surface area contributed by atoms with E-state index in [2.05, 4.69) is 20.8 Å². The van der Waals surface area contributed by atoms with Crippen molar-refractivity contribution >= 4 is 5.96 Å². The number of ether oxygens (including phenoxy) is 1. The Hall–Kier alpha value is -1.63. The van der Waals surface area contributed by atoms with Gasteiger partial charge in [-0.1, -0.05) is 38.5 Å². The Morgan fingerprint density at radius 3 is 2.70 bits per heavy atom. The Morgan fingerprint density at radius 1 is 1.15 bits per heavy atom. The van der Waals surface area contributed by atoms with Crippen LogP contribution < -0.4 is 10.6 Å². The van der Waals surface area contributed by atoms with E-state index < -0.39 is 0 Å². The van der Waals surface area contributed by atoms with Crippen molar-refractivity contribution < 1.29 is 4.74 Å². The molecule has 7 nitrogen and oxygen atoms in total. The van der Waals surface area contributed by atoms with Crippen molar-refractivity contribution in [2.45, 2.75) is 77.4 Å². The molecule has 0 radical (unpaired) electrons. The van der Waals surface area contributed by atoms with Crippen LogP contribution in [0.5, 0.6) is 0 Å². The maximum Gasteiger partial charge on any atom is 0.191 e. The van der Waals surface area contributed by atoms with Crippen LogP contribution in [-0.2, 0) is 18.3 Å². The van der Waals surface area contributed by atoms with Crippen molar-refractivity contribution in [3.05, 3.63) is 11.6 Å². The number of nitrogens with one attached hydrogen (secondary N) is 2. The van der Waals surface area contributed by atoms with Gasteiger partial charge in [-0.25, -0.2) is 4.99 Å². The lowest BCUT2D eigenvalue weighted by molar-refractivity contribution is 0.114. The van der Waals surface area contributed by atoms with Gasteiger partial charge in [0.05, 0.1) is 6.10 Å². The fraction of sp³-hybridized carbons (Fsp3) is 0.850. The minimum Gasteiger partial charge on any atom is -0.376 e. The van der Waals surface area contributed by atoms with Gasteiger partial charge in [0.25, 0.3) is 0 Å². The summed E-state index contributed by atoms with van der Waals surface area (Å²) in [5, 5.41) is 15.3. The number of aliphatic imine (C=N–C) groups is 1. The Morgan fingerprint density at radius 2 is 2.00 bits per heavy atom. The Balaban J connectivity index is 1.44. The standard InChI is InChI=1S/C20H36N6O/c1-16-24-25-19(26(16)2)15-23-20(22-14-18-11-7-13-27-18)21-12-6-5-10-17-8-3-4-9-17/h17-18H,3-15H2,1-2H3,(H2,21,22,23). The third kappa shape index (κ3) is 6.48. The summed E-state index contributed by atoms with van der Waals surface area (Å²) in [4.78, 5) is 4.72. The zero-order valence-corrected chi connectivity index (χ0v) is 17.0. The molecule has 1 atom stereocenters. The zero-order valence-electron chi connectivity index (χ0n) is 17.0. The molecular formula is C20H36N6O. The van der Waals surface area contributed by atoms with Gasteiger partial charge < -0.3 is 19.9 Å². The molecule has 27 heavy (non-hydrogen) atoms. The predicted octanol–water partition coefficient (Wildman–Crippen LogP) is 2.70. The van der Waals surface area contributed by atoms with Crippen LogP contribution in [0.2, 0.25) is 0 Å². The second kappa shape index (κ2) is 10.6. The minimum absolute atomic E-state index is 0.302. The predicted molar refractivity (Wildman–Crippen MR) is 108 cm³/mol. The molecular weight excluding hydrogens is 340 g/mol. The molecule has 1 aromatic heterocycles. The maximum atomic E-state index is 5.72. The number of hydrogen-bond acceptors (Lipinski definition) is 4. The second-order valence-corrected chi connectivity index (χ2v) is 7.98. The molecule has 1 aromatic rings. The first-order valence-corrected chi connectivity index (χ1v) is 10.7. The van der Waals surface area contributed by atoms with E-state index in [-0.39, 0.29) is 0 Å². The first-order valence-electron chi connectivity index (χ1n) is 10.7. The third-order valence-corrected chi connectivity index (χ3v) is 5.89. The molecule has 1 aliphatic heterocycles. The molecule has 0 amide bonds. The fourth-order valence-electron chi connectivity index (χ4n) is 3.99. The lowest BCUT2D eigenvalue weighted by atomic mass is 10.0. The Kier molecular flexibility index (Phi) is 7.93. The molecule has 0 spiro atoms. The van der Waals surface area contributed by atoms with E-state index in [4.69, 9.17) is 9.73 Å². The summed E-state index contributed by atoms with van der Waals surface area (Å²) in [6.07, 6.45) is 12.2. The normalized spacial score (nSPS) is 21.1. The molecule has 152 valence electrons. The van der Waals surface area contributed by atoms with E-state index in [1.54, 1.807) is 0 Å². The molecule has 1 saturated heterocycles. The van der Waals surface area contributed by atoms with E-state index in [1.165, 1.54) is 44.9 Å². The van der Waals surface area contributed by atoms with E-state index in [0.29, 0.717) is 12.6 Å². The quantitative estimate of drug-likeness (QED) is 0.394. The smallest absolute Gasteiger partial charge is 0.191 e. The molecule has 2 aliphatic rings. The van der Waals surface area contributed by atoms with Gasteiger partial charge in [-0.3, -0.25) is 0 Å². The van der Waals surface area contributed by atoms with Crippen LogP contribution in [0.1, 0.15) is 69.4 Å². The van der Waals surface area contributed by atoms with Gasteiger partial charge in [0.15, 0.2) is 11.8 Å². The molecule has 0 aromatic carbocycles. The van der Waals surface area contributed by atoms with Crippen molar-refractivity contribution in [2.75, 3.05) is 19.7 Å². The summed E-state index contributed by atoms with van der Waals surface area (Å²) in [6.45, 7) is 5.14. The van der Waals surface area contributed by atoms with Crippen molar-refractivity contribution in [3.63, 3.8) is 0 Å². The number of guanidine groups is 1. The largest absolute Gasteiger partial charge is 0.376 e. The van der Waals surface area contributed by atoms with Crippen molar-refractivity contribution in [2.24, 2.45) is 18.0 Å². The van der Waals surface area contributed by atoms with Crippen molar-refractivity contribution in [1.29, 1.82) is 0 Å². The molecule has 2 N–H and O–H groups in total. The Bertz CT molecular complexity index is 587. The summed E-state index contributed by atoms with van der Waals surface area (Å²) in [7, 11) is 1.98. The highest BCUT2D eigenvalue weighted by Crippen LogP contribution is 2.28. The van der Waals surface area contributed by atoms with E-state index >= 15 is 0 Å². The van der Waals surface area contributed by atoms with Crippen LogP contribution in [0, 0.1) is 12.8 Å². The second-order valence-electron chi connectivity index (χ2n) is 7.98. The van der Waals surface area contributed by atoms with Gasteiger partial charge in [0, 0.05) is 26.7 Å². The summed E-state index contributed by atoms with van der Waals surface area (Å²) < 4.78 is 7.71. The molecule has 2 fully saturated rings. The number of aromatic nitrogens is 3. The van der Waals surface area contributed by atoms with Crippen LogP contribution in [0.3, 0.4) is 0 Å². The highest BCUT2D eigenvalue weighted by Gasteiger charge is 2.16. The monoisotopic (exact) mass is 376 g/mol. The summed E-state index contributed by atoms with van der Waals surface area (Å²) in [5.74, 6) is 3.63. The zero-order chi connectivity index (χ0) is 18.9. The summed E-state index contributed by atoms with van der Waals surface area (Å²) in [6, 6.07) is 0. The highest BCUT2D eigenvalue weighted by molar-refractivity contribution is 5.79. The van der Waals surface area contributed by atoms with E-state index in [0.717, 1.165) is 56.1 Å². The van der Waals surface area contributed by atoms with Crippen LogP contribution in [-0.4, -0.2) is 46.5 Å². The lowest BCUT2D eigenvalue weighted by Crippen LogP contribution is -2.41. The maximum absolute atomic E-state index is 5.72. The molecule has 1 saturated carbocycles. The van der Waals surface area contributed by atoms with Gasteiger partial charge >= 0.3 is 0 Å². The van der Waals surface area contributed by atoms with Crippen LogP contribution >= 0.6 is 0 Å².